The summed E-state index contributed by atoms with van der Waals surface area (Å²) in [5, 5.41) is 22.7. The molecule has 1 aliphatic rings. The van der Waals surface area contributed by atoms with Gasteiger partial charge in [0.2, 0.25) is 0 Å². The Balaban J connectivity index is 0.00000220. The average molecular weight is 318 g/mol. The fourth-order valence-corrected chi connectivity index (χ4v) is 2.83. The van der Waals surface area contributed by atoms with Crippen molar-refractivity contribution in [3.8, 4) is 0 Å². The molecule has 6 heteroatoms. The van der Waals surface area contributed by atoms with Crippen molar-refractivity contribution < 1.29 is 78.9 Å². The Morgan fingerprint density at radius 2 is 1.50 bits per heavy atom. The predicted molar refractivity (Wildman–Crippen MR) is 69.1 cm³/mol. The van der Waals surface area contributed by atoms with Gasteiger partial charge in [0, 0.05) is 0 Å². The van der Waals surface area contributed by atoms with Crippen molar-refractivity contribution in [3.05, 3.63) is 47.0 Å². The van der Waals surface area contributed by atoms with Crippen LogP contribution in [0.5, 0.6) is 0 Å². The number of benzene rings is 1. The summed E-state index contributed by atoms with van der Waals surface area (Å²) in [5.74, 6) is -3.02. The molecule has 4 nitrogen and oxygen atoms in total. The topological polar surface area (TPSA) is 80.3 Å². The second kappa shape index (κ2) is 10.6. The Morgan fingerprint density at radius 3 is 1.95 bits per heavy atom. The Kier molecular flexibility index (Phi) is 10.6. The fraction of sp³-hybridized carbons (Fsp3) is 0.375. The molecule has 1 fully saturated rings. The largest absolute Gasteiger partial charge is 1.00 e. The van der Waals surface area contributed by atoms with Gasteiger partial charge in [-0.05, 0) is 41.9 Å². The van der Waals surface area contributed by atoms with Gasteiger partial charge in [-0.2, -0.15) is 0 Å². The number of carboxylic acids is 2. The third-order valence-corrected chi connectivity index (χ3v) is 3.78. The molecule has 0 aliphatic heterocycles. The quantitative estimate of drug-likeness (QED) is 0.400. The van der Waals surface area contributed by atoms with Crippen molar-refractivity contribution in [3.63, 3.8) is 0 Å². The molecule has 2 rings (SSSR count). The van der Waals surface area contributed by atoms with Gasteiger partial charge in [-0.3, -0.25) is 0 Å². The van der Waals surface area contributed by atoms with Gasteiger partial charge in [-0.1, -0.05) is 43.2 Å². The second-order valence-electron chi connectivity index (χ2n) is 5.11. The van der Waals surface area contributed by atoms with Crippen LogP contribution in [0, 0.1) is 5.92 Å². The fourth-order valence-electron chi connectivity index (χ4n) is 2.83. The van der Waals surface area contributed by atoms with Crippen molar-refractivity contribution in [2.24, 2.45) is 5.92 Å². The molecular weight excluding hydrogens is 302 g/mol. The minimum Gasteiger partial charge on any atom is -0.545 e. The zero-order valence-electron chi connectivity index (χ0n) is 13.1. The third-order valence-electron chi connectivity index (χ3n) is 3.78. The molecule has 0 amide bonds. The van der Waals surface area contributed by atoms with Gasteiger partial charge in [0.1, 0.15) is 0 Å². The van der Waals surface area contributed by atoms with Crippen LogP contribution in [0.2, 0.25) is 0 Å². The molecule has 0 N–H and O–H groups in total. The molecule has 0 saturated heterocycles. The van der Waals surface area contributed by atoms with Gasteiger partial charge >= 0.3 is 59.1 Å². The van der Waals surface area contributed by atoms with Crippen LogP contribution in [0.3, 0.4) is 0 Å². The molecule has 106 valence electrons. The molecule has 0 bridgehead atoms. The number of carbonyl (C=O) groups excluding carboxylic acids is 2. The monoisotopic (exact) mass is 318 g/mol. The minimum atomic E-state index is -1.42. The summed E-state index contributed by atoms with van der Waals surface area (Å²) in [7, 11) is 0. The molecule has 0 atom stereocenters. The number of aliphatic carboxylic acids is 2. The van der Waals surface area contributed by atoms with E-state index in [9.17, 15) is 19.8 Å². The van der Waals surface area contributed by atoms with Crippen LogP contribution >= 0.6 is 0 Å². The maximum atomic E-state index is 11.4. The average Bonchev–Trinajstić information content (AvgIpc) is 2.92. The maximum absolute atomic E-state index is 11.4. The molecular formula is C16H16Na2O4. The summed E-state index contributed by atoms with van der Waals surface area (Å²) in [6.45, 7) is 0. The molecule has 0 radical (unpaired) electrons. The molecule has 0 heterocycles. The van der Waals surface area contributed by atoms with Gasteiger partial charge in [0.15, 0.2) is 0 Å². The van der Waals surface area contributed by atoms with Crippen LogP contribution in [-0.2, 0) is 16.0 Å². The number of carbonyl (C=O) groups is 2. The van der Waals surface area contributed by atoms with Gasteiger partial charge in [-0.25, -0.2) is 0 Å². The normalized spacial score (nSPS) is 15.3. The zero-order valence-corrected chi connectivity index (χ0v) is 17.1. The van der Waals surface area contributed by atoms with E-state index < -0.39 is 11.9 Å². The first kappa shape index (κ1) is 21.9. The van der Waals surface area contributed by atoms with E-state index in [4.69, 9.17) is 0 Å². The molecule has 22 heavy (non-hydrogen) atoms. The number of hydrogen-bond acceptors (Lipinski definition) is 4. The first-order chi connectivity index (χ1) is 9.59. The van der Waals surface area contributed by atoms with E-state index in [2.05, 4.69) is 0 Å². The SMILES string of the molecule is O=C([O-])C(Cc1ccccc1)=C(C(=O)[O-])C1CCCC1.[Na+].[Na+]. The summed E-state index contributed by atoms with van der Waals surface area (Å²) in [6, 6.07) is 8.94. The summed E-state index contributed by atoms with van der Waals surface area (Å²) in [4.78, 5) is 22.7. The first-order valence-electron chi connectivity index (χ1n) is 6.79. The van der Waals surface area contributed by atoms with Gasteiger partial charge in [0.05, 0.1) is 11.9 Å². The summed E-state index contributed by atoms with van der Waals surface area (Å²) >= 11 is 0. The zero-order chi connectivity index (χ0) is 14.5. The molecule has 0 spiro atoms. The van der Waals surface area contributed by atoms with E-state index in [0.717, 1.165) is 18.4 Å². The van der Waals surface area contributed by atoms with Crippen molar-refractivity contribution >= 4 is 11.9 Å². The van der Waals surface area contributed by atoms with Crippen LogP contribution < -0.4 is 69.3 Å². The first-order valence-corrected chi connectivity index (χ1v) is 6.79. The Bertz CT molecular complexity index is 534. The van der Waals surface area contributed by atoms with Crippen molar-refractivity contribution in [1.82, 2.24) is 0 Å². The minimum absolute atomic E-state index is 0. The third kappa shape index (κ3) is 5.84. The van der Waals surface area contributed by atoms with Gasteiger partial charge < -0.3 is 19.8 Å². The van der Waals surface area contributed by atoms with E-state index in [1.807, 2.05) is 6.07 Å². The Morgan fingerprint density at radius 1 is 0.955 bits per heavy atom. The second-order valence-corrected chi connectivity index (χ2v) is 5.11. The molecule has 1 aliphatic carbocycles. The molecule has 1 saturated carbocycles. The Labute approximate surface area is 174 Å². The molecule has 0 unspecified atom stereocenters. The summed E-state index contributed by atoms with van der Waals surface area (Å²) in [6.07, 6.45) is 3.31. The summed E-state index contributed by atoms with van der Waals surface area (Å²) < 4.78 is 0. The van der Waals surface area contributed by atoms with E-state index in [1.165, 1.54) is 0 Å². The smallest absolute Gasteiger partial charge is 0.545 e. The van der Waals surface area contributed by atoms with Crippen LogP contribution in [0.25, 0.3) is 0 Å². The van der Waals surface area contributed by atoms with Gasteiger partial charge in [-0.15, -0.1) is 0 Å². The van der Waals surface area contributed by atoms with E-state index in [0.29, 0.717) is 12.8 Å². The van der Waals surface area contributed by atoms with Crippen LogP contribution in [0.15, 0.2) is 41.5 Å². The van der Waals surface area contributed by atoms with Crippen molar-refractivity contribution in [2.45, 2.75) is 32.1 Å². The van der Waals surface area contributed by atoms with E-state index in [-0.39, 0.29) is 82.6 Å². The van der Waals surface area contributed by atoms with E-state index >= 15 is 0 Å². The van der Waals surface area contributed by atoms with Crippen LogP contribution in [-0.4, -0.2) is 11.9 Å². The molecule has 1 aromatic carbocycles. The van der Waals surface area contributed by atoms with Crippen LogP contribution in [0.1, 0.15) is 31.2 Å². The van der Waals surface area contributed by atoms with Gasteiger partial charge in [0.25, 0.3) is 0 Å². The molecule has 0 aromatic heterocycles. The van der Waals surface area contributed by atoms with Crippen molar-refractivity contribution in [2.75, 3.05) is 0 Å². The predicted octanol–water partition coefficient (Wildman–Crippen LogP) is -5.78. The standard InChI is InChI=1S/C16H18O4.2Na/c17-15(18)13(10-11-6-2-1-3-7-11)14(16(19)20)12-8-4-5-9-12;;/h1-3,6-7,12H,4-5,8-10H2,(H,17,18)(H,19,20);;/q;2*+1/p-2. The summed E-state index contributed by atoms with van der Waals surface area (Å²) in [5.41, 5.74) is 0.526. The Hall–Kier alpha value is -0.1000. The number of carboxylic acid groups (broad SMARTS) is 2. The van der Waals surface area contributed by atoms with Crippen LogP contribution in [0.4, 0.5) is 0 Å². The van der Waals surface area contributed by atoms with E-state index in [1.54, 1.807) is 24.3 Å². The maximum Gasteiger partial charge on any atom is 1.00 e. The number of hydrogen-bond donors (Lipinski definition) is 0. The van der Waals surface area contributed by atoms with Crippen molar-refractivity contribution in [1.29, 1.82) is 0 Å². The molecule has 1 aromatic rings. The number of rotatable bonds is 5.